The lowest BCUT2D eigenvalue weighted by Crippen LogP contribution is -2.41. The zero-order chi connectivity index (χ0) is 21.6. The highest BCUT2D eigenvalue weighted by Crippen LogP contribution is 2.29. The number of sulfonamides is 1. The summed E-state index contributed by atoms with van der Waals surface area (Å²) in [6, 6.07) is 8.61. The minimum Gasteiger partial charge on any atom is -0.383 e. The van der Waals surface area contributed by atoms with Crippen molar-refractivity contribution in [2.45, 2.75) is 31.2 Å². The molecule has 4 heterocycles. The van der Waals surface area contributed by atoms with Gasteiger partial charge < -0.3 is 10.2 Å². The van der Waals surface area contributed by atoms with Crippen molar-refractivity contribution < 1.29 is 13.2 Å². The van der Waals surface area contributed by atoms with Crippen LogP contribution in [0.2, 0.25) is 5.02 Å². The Bertz CT molecular complexity index is 1270. The molecule has 7 nitrogen and oxygen atoms in total. The Balaban J connectivity index is 1.23. The van der Waals surface area contributed by atoms with Gasteiger partial charge in [-0.2, -0.15) is 0 Å². The number of nitrogens with zero attached hydrogens (tertiary/aromatic N) is 2. The van der Waals surface area contributed by atoms with Crippen LogP contribution in [0.5, 0.6) is 0 Å². The van der Waals surface area contributed by atoms with Crippen LogP contribution in [0.15, 0.2) is 36.5 Å². The van der Waals surface area contributed by atoms with Gasteiger partial charge in [0.05, 0.1) is 29.9 Å². The van der Waals surface area contributed by atoms with Crippen LogP contribution in [0, 0.1) is 0 Å². The molecule has 0 bridgehead atoms. The van der Waals surface area contributed by atoms with Gasteiger partial charge in [-0.25, -0.2) is 13.1 Å². The number of thiophene rings is 1. The van der Waals surface area contributed by atoms with E-state index in [9.17, 15) is 13.2 Å². The second-order valence-electron chi connectivity index (χ2n) is 7.88. The number of amides is 1. The molecule has 10 heteroatoms. The molecule has 1 saturated heterocycles. The summed E-state index contributed by atoms with van der Waals surface area (Å²) in [4.78, 5) is 19.6. The molecule has 162 valence electrons. The Kier molecular flexibility index (Phi) is 5.37. The molecule has 3 aromatic rings. The average Bonchev–Trinajstić information content (AvgIpc) is 3.41. The van der Waals surface area contributed by atoms with Crippen molar-refractivity contribution in [1.82, 2.24) is 14.6 Å². The van der Waals surface area contributed by atoms with Crippen LogP contribution < -0.4 is 10.0 Å². The van der Waals surface area contributed by atoms with E-state index in [-0.39, 0.29) is 11.7 Å². The lowest BCUT2D eigenvalue weighted by atomic mass is 10.2. The summed E-state index contributed by atoms with van der Waals surface area (Å²) in [5.41, 5.74) is 3.08. The van der Waals surface area contributed by atoms with E-state index in [1.165, 1.54) is 16.9 Å². The van der Waals surface area contributed by atoms with Gasteiger partial charge in [0.1, 0.15) is 6.04 Å². The quantitative estimate of drug-likeness (QED) is 0.570. The number of fused-ring (bicyclic) bond motifs is 2. The van der Waals surface area contributed by atoms with Crippen molar-refractivity contribution in [3.8, 4) is 0 Å². The van der Waals surface area contributed by atoms with Gasteiger partial charge in [0.25, 0.3) is 0 Å². The van der Waals surface area contributed by atoms with Gasteiger partial charge in [-0.15, -0.1) is 11.3 Å². The predicted octanol–water partition coefficient (Wildman–Crippen LogP) is 3.14. The van der Waals surface area contributed by atoms with E-state index in [1.54, 1.807) is 17.2 Å². The van der Waals surface area contributed by atoms with Crippen molar-refractivity contribution in [3.63, 3.8) is 0 Å². The molecule has 0 radical (unpaired) electrons. The molecule has 0 saturated carbocycles. The van der Waals surface area contributed by atoms with E-state index in [0.29, 0.717) is 29.4 Å². The summed E-state index contributed by atoms with van der Waals surface area (Å²) in [6.45, 7) is 1.80. The molecule has 31 heavy (non-hydrogen) atoms. The summed E-state index contributed by atoms with van der Waals surface area (Å²) < 4.78 is 29.0. The van der Waals surface area contributed by atoms with Gasteiger partial charge in [-0.1, -0.05) is 11.6 Å². The van der Waals surface area contributed by atoms with Gasteiger partial charge in [-0.05, 0) is 54.1 Å². The normalized spacial score (nSPS) is 18.5. The molecule has 2 aliphatic rings. The highest BCUT2D eigenvalue weighted by molar-refractivity contribution is 7.88. The number of hydrogen-bond acceptors (Lipinski definition) is 6. The molecule has 2 N–H and O–H groups in total. The van der Waals surface area contributed by atoms with Gasteiger partial charge in [0.15, 0.2) is 0 Å². The third-order valence-electron chi connectivity index (χ3n) is 5.59. The monoisotopic (exact) mass is 476 g/mol. The number of aromatic nitrogens is 1. The summed E-state index contributed by atoms with van der Waals surface area (Å²) in [5.74, 6) is -0.361. The molecule has 1 aromatic carbocycles. The molecule has 1 fully saturated rings. The van der Waals surface area contributed by atoms with Crippen LogP contribution in [0.3, 0.4) is 0 Å². The molecule has 2 aliphatic heterocycles. The van der Waals surface area contributed by atoms with Crippen molar-refractivity contribution in [2.75, 3.05) is 18.4 Å². The number of benzene rings is 1. The van der Waals surface area contributed by atoms with Crippen molar-refractivity contribution in [1.29, 1.82) is 0 Å². The number of rotatable bonds is 6. The summed E-state index contributed by atoms with van der Waals surface area (Å²) in [6.07, 6.45) is 3.20. The van der Waals surface area contributed by atoms with Crippen LogP contribution in [0.4, 0.5) is 5.69 Å². The number of likely N-dealkylation sites (tertiary alicyclic amines) is 1. The van der Waals surface area contributed by atoms with Crippen molar-refractivity contribution >= 4 is 54.6 Å². The van der Waals surface area contributed by atoms with E-state index in [2.05, 4.69) is 15.0 Å². The average molecular weight is 477 g/mol. The van der Waals surface area contributed by atoms with Crippen LogP contribution in [-0.2, 0) is 33.5 Å². The molecular weight excluding hydrogens is 456 g/mol. The van der Waals surface area contributed by atoms with Crippen molar-refractivity contribution in [3.05, 3.63) is 57.7 Å². The molecular formula is C21H21ClN4O3S2. The lowest BCUT2D eigenvalue weighted by Gasteiger charge is -2.17. The number of nitrogens with one attached hydrogen (secondary N) is 2. The topological polar surface area (TPSA) is 91.4 Å². The standard InChI is InChI=1S/C21H21ClN4O3S2/c22-15-1-2-20-14(7-15)9-17(30-20)12-31(28,29)25-18-4-6-26(21(18)27)11-16-8-13-3-5-23-19(13)10-24-16/h1-2,7-10,18,23,25H,3-6,11-12H2. The molecule has 0 aliphatic carbocycles. The summed E-state index contributed by atoms with van der Waals surface area (Å²) >= 11 is 7.43. The van der Waals surface area contributed by atoms with E-state index in [0.717, 1.165) is 34.4 Å². The first kappa shape index (κ1) is 20.7. The molecule has 1 atom stereocenters. The van der Waals surface area contributed by atoms with Crippen LogP contribution in [0.1, 0.15) is 22.6 Å². The predicted molar refractivity (Wildman–Crippen MR) is 123 cm³/mol. The molecule has 2 aromatic heterocycles. The molecule has 5 rings (SSSR count). The lowest BCUT2D eigenvalue weighted by molar-refractivity contribution is -0.129. The zero-order valence-corrected chi connectivity index (χ0v) is 19.0. The number of anilines is 1. The highest BCUT2D eigenvalue weighted by Gasteiger charge is 2.35. The van der Waals surface area contributed by atoms with Gasteiger partial charge >= 0.3 is 0 Å². The van der Waals surface area contributed by atoms with Crippen LogP contribution in [-0.4, -0.2) is 43.3 Å². The van der Waals surface area contributed by atoms with E-state index in [4.69, 9.17) is 11.6 Å². The zero-order valence-electron chi connectivity index (χ0n) is 16.6. The van der Waals surface area contributed by atoms with Gasteiger partial charge in [-0.3, -0.25) is 9.78 Å². The van der Waals surface area contributed by atoms with E-state index >= 15 is 0 Å². The fraction of sp³-hybridized carbons (Fsp3) is 0.333. The third-order valence-corrected chi connectivity index (χ3v) is 8.46. The SMILES string of the molecule is O=C1C(NS(=O)(=O)Cc2cc3cc(Cl)ccc3s2)CCN1Cc1cc2c(cn1)NCC2. The third kappa shape index (κ3) is 4.41. The maximum atomic E-state index is 12.8. The maximum absolute atomic E-state index is 12.8. The first-order chi connectivity index (χ1) is 14.9. The Hall–Kier alpha value is -2.20. The molecule has 0 spiro atoms. The highest BCUT2D eigenvalue weighted by atomic mass is 35.5. The number of carbonyl (C=O) groups excluding carboxylic acids is 1. The number of halogens is 1. The van der Waals surface area contributed by atoms with Crippen LogP contribution in [0.25, 0.3) is 10.1 Å². The largest absolute Gasteiger partial charge is 0.383 e. The Morgan fingerprint density at radius 2 is 2.16 bits per heavy atom. The van der Waals surface area contributed by atoms with E-state index in [1.807, 2.05) is 24.3 Å². The Morgan fingerprint density at radius 3 is 3.03 bits per heavy atom. The summed E-state index contributed by atoms with van der Waals surface area (Å²) in [7, 11) is -3.66. The van der Waals surface area contributed by atoms with Crippen LogP contribution >= 0.6 is 22.9 Å². The minimum atomic E-state index is -3.66. The Morgan fingerprint density at radius 1 is 1.29 bits per heavy atom. The first-order valence-electron chi connectivity index (χ1n) is 10.0. The Labute approximate surface area is 189 Å². The molecule has 1 amide bonds. The molecule has 1 unspecified atom stereocenters. The fourth-order valence-electron chi connectivity index (χ4n) is 4.12. The van der Waals surface area contributed by atoms with E-state index < -0.39 is 16.1 Å². The summed E-state index contributed by atoms with van der Waals surface area (Å²) in [5, 5.41) is 4.80. The minimum absolute atomic E-state index is 0.160. The van der Waals surface area contributed by atoms with Gasteiger partial charge in [0.2, 0.25) is 15.9 Å². The second-order valence-corrected chi connectivity index (χ2v) is 11.2. The maximum Gasteiger partial charge on any atom is 0.241 e. The van der Waals surface area contributed by atoms with Crippen molar-refractivity contribution in [2.24, 2.45) is 0 Å². The number of pyridine rings is 1. The first-order valence-corrected chi connectivity index (χ1v) is 12.9. The number of carbonyl (C=O) groups is 1. The number of hydrogen-bond donors (Lipinski definition) is 2. The smallest absolute Gasteiger partial charge is 0.241 e. The second kappa shape index (κ2) is 8.05. The fourth-order valence-corrected chi connectivity index (χ4v) is 7.03. The van der Waals surface area contributed by atoms with Gasteiger partial charge in [0, 0.05) is 27.7 Å².